The van der Waals surface area contributed by atoms with Gasteiger partial charge in [0.25, 0.3) is 5.78 Å². The normalized spacial score (nSPS) is 11.3. The highest BCUT2D eigenvalue weighted by Gasteiger charge is 2.17. The van der Waals surface area contributed by atoms with Gasteiger partial charge in [-0.2, -0.15) is 0 Å². The van der Waals surface area contributed by atoms with Crippen LogP contribution in [0.25, 0.3) is 16.9 Å². The van der Waals surface area contributed by atoms with Gasteiger partial charge in [-0.15, -0.1) is 0 Å². The summed E-state index contributed by atoms with van der Waals surface area (Å²) in [5, 5.41) is 10.5. The summed E-state index contributed by atoms with van der Waals surface area (Å²) in [7, 11) is 0. The maximum absolute atomic E-state index is 13.2. The van der Waals surface area contributed by atoms with E-state index in [0.29, 0.717) is 12.2 Å². The van der Waals surface area contributed by atoms with Crippen molar-refractivity contribution in [3.63, 3.8) is 0 Å². The number of ketones is 1. The molecule has 2 aromatic carbocycles. The number of aromatic nitrogens is 1. The van der Waals surface area contributed by atoms with Crippen molar-refractivity contribution in [1.82, 2.24) is 4.57 Å². The molecule has 1 N–H and O–H groups in total. The minimum atomic E-state index is -1.03. The Morgan fingerprint density at radius 2 is 1.76 bits per heavy atom. The van der Waals surface area contributed by atoms with Crippen LogP contribution >= 0.6 is 0 Å². The van der Waals surface area contributed by atoms with Crippen molar-refractivity contribution in [1.29, 1.82) is 0 Å². The standard InChI is InChI=1S/C23H20FNO4/c1-2-29-23(28)22(27)13-21(26)20-12-18(17-6-4-3-5-7-17)15-25(20)14-16-8-10-19(24)11-9-16/h3-13,15,26H,2,14H2,1H3. The third-order valence-corrected chi connectivity index (χ3v) is 4.28. The van der Waals surface area contributed by atoms with Crippen LogP contribution in [0.15, 0.2) is 72.9 Å². The minimum absolute atomic E-state index is 0.0677. The average Bonchev–Trinajstić information content (AvgIpc) is 3.14. The fourth-order valence-corrected chi connectivity index (χ4v) is 2.89. The van der Waals surface area contributed by atoms with Crippen LogP contribution in [0.3, 0.4) is 0 Å². The number of nitrogens with zero attached hydrogens (tertiary/aromatic N) is 1. The SMILES string of the molecule is CCOC(=O)C(=O)C=C(O)c1cc(-c2ccccc2)cn1Cc1ccc(F)cc1. The molecule has 0 spiro atoms. The summed E-state index contributed by atoms with van der Waals surface area (Å²) in [6.45, 7) is 2.00. The fourth-order valence-electron chi connectivity index (χ4n) is 2.89. The Hall–Kier alpha value is -3.67. The number of benzene rings is 2. The molecule has 0 unspecified atom stereocenters. The lowest BCUT2D eigenvalue weighted by Crippen LogP contribution is -2.15. The summed E-state index contributed by atoms with van der Waals surface area (Å²) in [4.78, 5) is 23.5. The molecule has 0 fully saturated rings. The summed E-state index contributed by atoms with van der Waals surface area (Å²) in [5.74, 6) is -2.67. The summed E-state index contributed by atoms with van der Waals surface area (Å²) >= 11 is 0. The van der Waals surface area contributed by atoms with Crippen molar-refractivity contribution in [3.05, 3.63) is 90.0 Å². The van der Waals surface area contributed by atoms with E-state index < -0.39 is 11.8 Å². The Kier molecular flexibility index (Phi) is 6.24. The molecule has 0 saturated heterocycles. The summed E-state index contributed by atoms with van der Waals surface area (Å²) in [5.41, 5.74) is 2.92. The van der Waals surface area contributed by atoms with Crippen molar-refractivity contribution in [2.24, 2.45) is 0 Å². The molecule has 0 aliphatic heterocycles. The molecular weight excluding hydrogens is 373 g/mol. The molecule has 1 heterocycles. The predicted octanol–water partition coefficient (Wildman–Crippen LogP) is 4.37. The number of carbonyl (C=O) groups is 2. The van der Waals surface area contributed by atoms with E-state index in [0.717, 1.165) is 22.8 Å². The monoisotopic (exact) mass is 393 g/mol. The first-order chi connectivity index (χ1) is 14.0. The molecule has 148 valence electrons. The van der Waals surface area contributed by atoms with Crippen molar-refractivity contribution in [3.8, 4) is 11.1 Å². The van der Waals surface area contributed by atoms with Gasteiger partial charge in [0.05, 0.1) is 12.3 Å². The van der Waals surface area contributed by atoms with Gasteiger partial charge >= 0.3 is 5.97 Å². The Morgan fingerprint density at radius 1 is 1.07 bits per heavy atom. The predicted molar refractivity (Wildman–Crippen MR) is 108 cm³/mol. The fraction of sp³-hybridized carbons (Fsp3) is 0.130. The van der Waals surface area contributed by atoms with E-state index in [1.54, 1.807) is 29.7 Å². The van der Waals surface area contributed by atoms with Crippen LogP contribution in [-0.2, 0) is 20.9 Å². The van der Waals surface area contributed by atoms with Crippen LogP contribution in [0.2, 0.25) is 0 Å². The highest BCUT2D eigenvalue weighted by atomic mass is 19.1. The number of hydrogen-bond donors (Lipinski definition) is 1. The second kappa shape index (κ2) is 9.01. The Balaban J connectivity index is 1.99. The zero-order chi connectivity index (χ0) is 20.8. The van der Waals surface area contributed by atoms with Gasteiger partial charge in [-0.1, -0.05) is 42.5 Å². The van der Waals surface area contributed by atoms with Gasteiger partial charge < -0.3 is 14.4 Å². The van der Waals surface area contributed by atoms with Gasteiger partial charge in [-0.05, 0) is 36.2 Å². The third kappa shape index (κ3) is 4.99. The summed E-state index contributed by atoms with van der Waals surface area (Å²) < 4.78 is 19.6. The molecule has 1 aromatic heterocycles. The maximum atomic E-state index is 13.2. The molecule has 0 aliphatic carbocycles. The zero-order valence-corrected chi connectivity index (χ0v) is 15.8. The van der Waals surface area contributed by atoms with Crippen LogP contribution in [0.1, 0.15) is 18.2 Å². The largest absolute Gasteiger partial charge is 0.506 e. The molecule has 0 radical (unpaired) electrons. The zero-order valence-electron chi connectivity index (χ0n) is 15.8. The smallest absolute Gasteiger partial charge is 0.379 e. The van der Waals surface area contributed by atoms with E-state index in [1.165, 1.54) is 12.1 Å². The number of halogens is 1. The second-order valence-corrected chi connectivity index (χ2v) is 6.35. The molecule has 0 amide bonds. The highest BCUT2D eigenvalue weighted by Crippen LogP contribution is 2.26. The van der Waals surface area contributed by atoms with Crippen LogP contribution in [0.5, 0.6) is 0 Å². The molecule has 6 heteroatoms. The highest BCUT2D eigenvalue weighted by molar-refractivity contribution is 6.39. The van der Waals surface area contributed by atoms with E-state index in [-0.39, 0.29) is 18.2 Å². The lowest BCUT2D eigenvalue weighted by Gasteiger charge is -2.09. The van der Waals surface area contributed by atoms with Gasteiger partial charge in [0.1, 0.15) is 11.6 Å². The number of esters is 1. The first-order valence-electron chi connectivity index (χ1n) is 9.10. The molecule has 5 nitrogen and oxygen atoms in total. The molecule has 0 atom stereocenters. The van der Waals surface area contributed by atoms with E-state index in [9.17, 15) is 19.1 Å². The molecule has 3 rings (SSSR count). The number of aliphatic hydroxyl groups is 1. The Bertz CT molecular complexity index is 1040. The molecule has 3 aromatic rings. The van der Waals surface area contributed by atoms with Crippen molar-refractivity contribution in [2.75, 3.05) is 6.61 Å². The van der Waals surface area contributed by atoms with Crippen molar-refractivity contribution in [2.45, 2.75) is 13.5 Å². The Morgan fingerprint density at radius 3 is 2.41 bits per heavy atom. The lowest BCUT2D eigenvalue weighted by atomic mass is 10.1. The van der Waals surface area contributed by atoms with Crippen molar-refractivity contribution >= 4 is 17.5 Å². The summed E-state index contributed by atoms with van der Waals surface area (Å²) in [6, 6.07) is 17.3. The first kappa shape index (κ1) is 20.1. The summed E-state index contributed by atoms with van der Waals surface area (Å²) in [6.07, 6.45) is 2.68. The van der Waals surface area contributed by atoms with E-state index in [1.807, 2.05) is 36.5 Å². The number of aliphatic hydroxyl groups excluding tert-OH is 1. The number of ether oxygens (including phenoxy) is 1. The Labute approximate surface area is 167 Å². The third-order valence-electron chi connectivity index (χ3n) is 4.28. The van der Waals surface area contributed by atoms with Gasteiger partial charge in [-0.3, -0.25) is 4.79 Å². The topological polar surface area (TPSA) is 68.5 Å². The number of carbonyl (C=O) groups excluding carboxylic acids is 2. The minimum Gasteiger partial charge on any atom is -0.506 e. The average molecular weight is 393 g/mol. The van der Waals surface area contributed by atoms with E-state index in [2.05, 4.69) is 4.74 Å². The second-order valence-electron chi connectivity index (χ2n) is 6.35. The maximum Gasteiger partial charge on any atom is 0.379 e. The lowest BCUT2D eigenvalue weighted by molar-refractivity contribution is -0.151. The molecule has 0 aliphatic rings. The van der Waals surface area contributed by atoms with Gasteiger partial charge in [-0.25, -0.2) is 9.18 Å². The number of rotatable bonds is 7. The molecule has 29 heavy (non-hydrogen) atoms. The van der Waals surface area contributed by atoms with Crippen LogP contribution in [0, 0.1) is 5.82 Å². The van der Waals surface area contributed by atoms with Crippen LogP contribution in [0.4, 0.5) is 4.39 Å². The van der Waals surface area contributed by atoms with Gasteiger partial charge in [0.2, 0.25) is 0 Å². The van der Waals surface area contributed by atoms with Crippen LogP contribution in [-0.4, -0.2) is 28.0 Å². The molecule has 0 bridgehead atoms. The van der Waals surface area contributed by atoms with Gasteiger partial charge in [0, 0.05) is 24.4 Å². The van der Waals surface area contributed by atoms with Gasteiger partial charge in [0.15, 0.2) is 0 Å². The van der Waals surface area contributed by atoms with E-state index >= 15 is 0 Å². The first-order valence-corrected chi connectivity index (χ1v) is 9.10. The van der Waals surface area contributed by atoms with E-state index in [4.69, 9.17) is 0 Å². The van der Waals surface area contributed by atoms with Crippen LogP contribution < -0.4 is 0 Å². The molecular formula is C23H20FNO4. The van der Waals surface area contributed by atoms with Crippen molar-refractivity contribution < 1.29 is 23.8 Å². The quantitative estimate of drug-likeness (QED) is 0.280. The molecule has 0 saturated carbocycles. The number of hydrogen-bond acceptors (Lipinski definition) is 4.